The van der Waals surface area contributed by atoms with E-state index in [9.17, 15) is 0 Å². The Morgan fingerprint density at radius 1 is 1.00 bits per heavy atom. The first kappa shape index (κ1) is 13.4. The minimum absolute atomic E-state index is 0.819. The highest BCUT2D eigenvalue weighted by Crippen LogP contribution is 2.17. The van der Waals surface area contributed by atoms with Gasteiger partial charge in [0.05, 0.1) is 0 Å². The van der Waals surface area contributed by atoms with Gasteiger partial charge in [-0.1, -0.05) is 32.6 Å². The molecular formula is C15H30N2. The van der Waals surface area contributed by atoms with Crippen LogP contribution in [0.5, 0.6) is 0 Å². The van der Waals surface area contributed by atoms with Crippen molar-refractivity contribution in [3.05, 3.63) is 0 Å². The van der Waals surface area contributed by atoms with Gasteiger partial charge in [0.1, 0.15) is 0 Å². The van der Waals surface area contributed by atoms with Crippen LogP contribution in [0.1, 0.15) is 58.3 Å². The Balaban J connectivity index is 1.58. The second-order valence-electron chi connectivity index (χ2n) is 6.19. The summed E-state index contributed by atoms with van der Waals surface area (Å²) < 4.78 is 0. The molecule has 17 heavy (non-hydrogen) atoms. The quantitative estimate of drug-likeness (QED) is 0.757. The van der Waals surface area contributed by atoms with Gasteiger partial charge in [-0.05, 0) is 38.1 Å². The monoisotopic (exact) mass is 238 g/mol. The zero-order valence-corrected chi connectivity index (χ0v) is 11.6. The summed E-state index contributed by atoms with van der Waals surface area (Å²) in [4.78, 5) is 2.65. The van der Waals surface area contributed by atoms with Crippen molar-refractivity contribution in [2.75, 3.05) is 26.2 Å². The van der Waals surface area contributed by atoms with Crippen LogP contribution in [0, 0.1) is 5.92 Å². The number of hydrogen-bond acceptors (Lipinski definition) is 2. The lowest BCUT2D eigenvalue weighted by Gasteiger charge is -2.31. The van der Waals surface area contributed by atoms with Crippen LogP contribution in [-0.4, -0.2) is 37.1 Å². The zero-order valence-electron chi connectivity index (χ0n) is 11.6. The molecule has 2 rings (SSSR count). The molecule has 0 aromatic carbocycles. The number of hydrogen-bond donors (Lipinski definition) is 1. The Kier molecular flexibility index (Phi) is 5.79. The maximum absolute atomic E-state index is 3.78. The third kappa shape index (κ3) is 4.97. The molecule has 0 aromatic rings. The average Bonchev–Trinajstić information content (AvgIpc) is 2.58. The molecule has 1 atom stereocenters. The van der Waals surface area contributed by atoms with Gasteiger partial charge < -0.3 is 10.2 Å². The number of nitrogens with zero attached hydrogens (tertiary/aromatic N) is 1. The Labute approximate surface area is 107 Å². The fourth-order valence-corrected chi connectivity index (χ4v) is 3.40. The van der Waals surface area contributed by atoms with Crippen LogP contribution in [0.2, 0.25) is 0 Å². The lowest BCUT2D eigenvalue weighted by Crippen LogP contribution is -2.41. The van der Waals surface area contributed by atoms with Gasteiger partial charge >= 0.3 is 0 Å². The van der Waals surface area contributed by atoms with E-state index < -0.39 is 0 Å². The molecule has 1 saturated carbocycles. The molecule has 1 N–H and O–H groups in total. The molecule has 1 aliphatic heterocycles. The Morgan fingerprint density at radius 3 is 2.47 bits per heavy atom. The summed E-state index contributed by atoms with van der Waals surface area (Å²) in [5.41, 5.74) is 0. The summed E-state index contributed by atoms with van der Waals surface area (Å²) in [6.07, 6.45) is 11.5. The van der Waals surface area contributed by atoms with Gasteiger partial charge in [0, 0.05) is 25.7 Å². The van der Waals surface area contributed by atoms with E-state index in [0.29, 0.717) is 0 Å². The third-order valence-corrected chi connectivity index (χ3v) is 4.46. The van der Waals surface area contributed by atoms with E-state index in [0.717, 1.165) is 12.0 Å². The molecule has 0 bridgehead atoms. The second-order valence-corrected chi connectivity index (χ2v) is 6.19. The van der Waals surface area contributed by atoms with Crippen LogP contribution in [0.3, 0.4) is 0 Å². The predicted molar refractivity (Wildman–Crippen MR) is 74.3 cm³/mol. The number of piperidine rings is 1. The molecule has 0 aromatic heterocycles. The van der Waals surface area contributed by atoms with Crippen LogP contribution >= 0.6 is 0 Å². The minimum atomic E-state index is 0.819. The highest BCUT2D eigenvalue weighted by Gasteiger charge is 2.16. The largest absolute Gasteiger partial charge is 0.313 e. The summed E-state index contributed by atoms with van der Waals surface area (Å²) in [6.45, 7) is 7.52. The van der Waals surface area contributed by atoms with Crippen molar-refractivity contribution in [3.8, 4) is 0 Å². The standard InChI is InChI=1S/C15H30N2/c1-14-7-6-11-17(13-14)12-10-16-15-8-4-2-3-5-9-15/h14-16H,2-13H2,1H3. The molecule has 2 fully saturated rings. The summed E-state index contributed by atoms with van der Waals surface area (Å²) in [5.74, 6) is 0.918. The molecule has 1 heterocycles. The molecule has 0 amide bonds. The van der Waals surface area contributed by atoms with Crippen molar-refractivity contribution in [2.45, 2.75) is 64.3 Å². The van der Waals surface area contributed by atoms with E-state index in [1.165, 1.54) is 77.5 Å². The molecule has 0 radical (unpaired) electrons. The van der Waals surface area contributed by atoms with E-state index in [2.05, 4.69) is 17.1 Å². The van der Waals surface area contributed by atoms with Gasteiger partial charge in [0.25, 0.3) is 0 Å². The van der Waals surface area contributed by atoms with E-state index in [1.54, 1.807) is 0 Å². The van der Waals surface area contributed by atoms with E-state index >= 15 is 0 Å². The smallest absolute Gasteiger partial charge is 0.0107 e. The number of nitrogens with one attached hydrogen (secondary N) is 1. The Morgan fingerprint density at radius 2 is 1.76 bits per heavy atom. The van der Waals surface area contributed by atoms with E-state index in [4.69, 9.17) is 0 Å². The first-order chi connectivity index (χ1) is 8.34. The van der Waals surface area contributed by atoms with Gasteiger partial charge in [-0.3, -0.25) is 0 Å². The van der Waals surface area contributed by atoms with Crippen LogP contribution < -0.4 is 5.32 Å². The van der Waals surface area contributed by atoms with Crippen molar-refractivity contribution < 1.29 is 0 Å². The third-order valence-electron chi connectivity index (χ3n) is 4.46. The highest BCUT2D eigenvalue weighted by molar-refractivity contribution is 4.74. The molecule has 2 nitrogen and oxygen atoms in total. The fourth-order valence-electron chi connectivity index (χ4n) is 3.40. The van der Waals surface area contributed by atoms with Crippen molar-refractivity contribution in [1.82, 2.24) is 10.2 Å². The predicted octanol–water partition coefficient (Wildman–Crippen LogP) is 3.03. The van der Waals surface area contributed by atoms with E-state index in [-0.39, 0.29) is 0 Å². The van der Waals surface area contributed by atoms with Crippen molar-refractivity contribution in [1.29, 1.82) is 0 Å². The van der Waals surface area contributed by atoms with Gasteiger partial charge in [-0.2, -0.15) is 0 Å². The first-order valence-corrected chi connectivity index (χ1v) is 7.80. The maximum Gasteiger partial charge on any atom is 0.0107 e. The van der Waals surface area contributed by atoms with Crippen molar-refractivity contribution >= 4 is 0 Å². The summed E-state index contributed by atoms with van der Waals surface area (Å²) >= 11 is 0. The van der Waals surface area contributed by atoms with Crippen LogP contribution in [0.15, 0.2) is 0 Å². The molecule has 2 heteroatoms. The number of rotatable bonds is 4. The molecule has 100 valence electrons. The average molecular weight is 238 g/mol. The van der Waals surface area contributed by atoms with Crippen LogP contribution in [0.25, 0.3) is 0 Å². The lowest BCUT2D eigenvalue weighted by molar-refractivity contribution is 0.182. The molecule has 0 spiro atoms. The molecule has 1 unspecified atom stereocenters. The zero-order chi connectivity index (χ0) is 11.9. The Hall–Kier alpha value is -0.0800. The molecule has 2 aliphatic rings. The highest BCUT2D eigenvalue weighted by atomic mass is 15.1. The van der Waals surface area contributed by atoms with Crippen molar-refractivity contribution in [2.24, 2.45) is 5.92 Å². The summed E-state index contributed by atoms with van der Waals surface area (Å²) in [6, 6.07) is 0.819. The maximum atomic E-state index is 3.78. The van der Waals surface area contributed by atoms with E-state index in [1.807, 2.05) is 0 Å². The van der Waals surface area contributed by atoms with Crippen molar-refractivity contribution in [3.63, 3.8) is 0 Å². The fraction of sp³-hybridized carbons (Fsp3) is 1.00. The van der Waals surface area contributed by atoms with Gasteiger partial charge in [-0.25, -0.2) is 0 Å². The molecular weight excluding hydrogens is 208 g/mol. The van der Waals surface area contributed by atoms with Crippen LogP contribution in [-0.2, 0) is 0 Å². The number of likely N-dealkylation sites (tertiary alicyclic amines) is 1. The first-order valence-electron chi connectivity index (χ1n) is 7.80. The normalized spacial score (nSPS) is 29.1. The second kappa shape index (κ2) is 7.38. The lowest BCUT2D eigenvalue weighted by atomic mass is 10.0. The van der Waals surface area contributed by atoms with Gasteiger partial charge in [-0.15, -0.1) is 0 Å². The minimum Gasteiger partial charge on any atom is -0.313 e. The topological polar surface area (TPSA) is 15.3 Å². The van der Waals surface area contributed by atoms with Gasteiger partial charge in [0.15, 0.2) is 0 Å². The molecule has 1 aliphatic carbocycles. The summed E-state index contributed by atoms with van der Waals surface area (Å²) in [5, 5.41) is 3.78. The Bertz CT molecular complexity index is 195. The van der Waals surface area contributed by atoms with Gasteiger partial charge in [0.2, 0.25) is 0 Å². The SMILES string of the molecule is CC1CCCN(CCNC2CCCCCC2)C1. The van der Waals surface area contributed by atoms with Crippen LogP contribution in [0.4, 0.5) is 0 Å². The molecule has 1 saturated heterocycles. The summed E-state index contributed by atoms with van der Waals surface area (Å²) in [7, 11) is 0.